The van der Waals surface area contributed by atoms with E-state index in [1.165, 1.54) is 0 Å². The molecule has 1 atom stereocenters. The zero-order chi connectivity index (χ0) is 18.5. The number of amides is 2. The van der Waals surface area contributed by atoms with Gasteiger partial charge in [0.05, 0.1) is 0 Å². The van der Waals surface area contributed by atoms with Gasteiger partial charge in [0, 0.05) is 38.3 Å². The summed E-state index contributed by atoms with van der Waals surface area (Å²) in [6, 6.07) is 0.431. The van der Waals surface area contributed by atoms with Crippen LogP contribution in [0.3, 0.4) is 0 Å². The average molecular weight is 366 g/mol. The molecule has 0 bridgehead atoms. The van der Waals surface area contributed by atoms with Crippen molar-refractivity contribution in [2.75, 3.05) is 39.4 Å². The summed E-state index contributed by atoms with van der Waals surface area (Å²) in [5.74, 6) is 0.666. The second-order valence-electron chi connectivity index (χ2n) is 8.41. The van der Waals surface area contributed by atoms with Gasteiger partial charge in [-0.3, -0.25) is 9.59 Å². The van der Waals surface area contributed by atoms with Crippen molar-refractivity contribution in [2.45, 2.75) is 64.5 Å². The summed E-state index contributed by atoms with van der Waals surface area (Å²) >= 11 is 0. The van der Waals surface area contributed by atoms with E-state index in [0.29, 0.717) is 12.0 Å². The Morgan fingerprint density at radius 2 is 1.73 bits per heavy atom. The lowest BCUT2D eigenvalue weighted by molar-refractivity contribution is -0.140. The van der Waals surface area contributed by atoms with Crippen molar-refractivity contribution < 1.29 is 14.3 Å². The lowest BCUT2D eigenvalue weighted by Gasteiger charge is -2.39. The van der Waals surface area contributed by atoms with Crippen molar-refractivity contribution in [3.63, 3.8) is 0 Å². The third-order valence-electron chi connectivity index (χ3n) is 6.25. The van der Waals surface area contributed by atoms with Gasteiger partial charge in [-0.25, -0.2) is 0 Å². The van der Waals surface area contributed by atoms with Crippen molar-refractivity contribution in [3.8, 4) is 0 Å². The van der Waals surface area contributed by atoms with Crippen LogP contribution in [0.15, 0.2) is 0 Å². The van der Waals surface area contributed by atoms with Crippen LogP contribution in [-0.2, 0) is 14.3 Å². The Kier molecular flexibility index (Phi) is 6.92. The Bertz CT molecular complexity index is 483. The van der Waals surface area contributed by atoms with Crippen LogP contribution in [0.4, 0.5) is 0 Å². The fraction of sp³-hybridized carbons (Fsp3) is 0.900. The molecule has 148 valence electrons. The van der Waals surface area contributed by atoms with Crippen molar-refractivity contribution >= 4 is 11.8 Å². The Morgan fingerprint density at radius 3 is 2.38 bits per heavy atom. The first-order valence-electron chi connectivity index (χ1n) is 10.5. The Hall–Kier alpha value is -1.14. The number of piperidine rings is 1. The highest BCUT2D eigenvalue weighted by atomic mass is 16.5. The van der Waals surface area contributed by atoms with Crippen LogP contribution in [0.25, 0.3) is 0 Å². The van der Waals surface area contributed by atoms with Gasteiger partial charge in [0.2, 0.25) is 11.8 Å². The van der Waals surface area contributed by atoms with Crippen molar-refractivity contribution in [1.82, 2.24) is 15.1 Å². The molecule has 0 aromatic heterocycles. The topological polar surface area (TPSA) is 61.9 Å². The van der Waals surface area contributed by atoms with Gasteiger partial charge in [0.1, 0.15) is 6.04 Å². The number of hydrogen-bond donors (Lipinski definition) is 1. The van der Waals surface area contributed by atoms with Gasteiger partial charge >= 0.3 is 0 Å². The highest BCUT2D eigenvalue weighted by molar-refractivity contribution is 5.88. The van der Waals surface area contributed by atoms with Crippen LogP contribution in [0.5, 0.6) is 0 Å². The third kappa shape index (κ3) is 4.77. The molecule has 0 radical (unpaired) electrons. The molecule has 0 spiro atoms. The minimum atomic E-state index is -0.257. The van der Waals surface area contributed by atoms with Gasteiger partial charge in [-0.2, -0.15) is 0 Å². The number of ether oxygens (including phenoxy) is 1. The summed E-state index contributed by atoms with van der Waals surface area (Å²) in [5, 5.41) is 3.14. The van der Waals surface area contributed by atoms with Gasteiger partial charge in [0.15, 0.2) is 0 Å². The molecule has 3 aliphatic rings. The van der Waals surface area contributed by atoms with E-state index < -0.39 is 0 Å². The van der Waals surface area contributed by atoms with E-state index in [0.717, 1.165) is 77.9 Å². The highest BCUT2D eigenvalue weighted by Crippen LogP contribution is 2.24. The summed E-state index contributed by atoms with van der Waals surface area (Å²) in [5.41, 5.74) is 0. The quantitative estimate of drug-likeness (QED) is 0.805. The number of rotatable bonds is 5. The summed E-state index contributed by atoms with van der Waals surface area (Å²) in [7, 11) is 0. The van der Waals surface area contributed by atoms with Gasteiger partial charge in [-0.05, 0) is 57.5 Å². The number of likely N-dealkylation sites (tertiary alicyclic amines) is 2. The fourth-order valence-corrected chi connectivity index (χ4v) is 4.57. The minimum Gasteiger partial charge on any atom is -0.381 e. The molecular formula is C20H35N3O3. The predicted octanol–water partition coefficient (Wildman–Crippen LogP) is 1.64. The van der Waals surface area contributed by atoms with Gasteiger partial charge in [-0.15, -0.1) is 0 Å². The smallest absolute Gasteiger partial charge is 0.242 e. The van der Waals surface area contributed by atoms with Gasteiger partial charge < -0.3 is 19.9 Å². The van der Waals surface area contributed by atoms with E-state index in [4.69, 9.17) is 4.74 Å². The molecule has 0 aliphatic carbocycles. The van der Waals surface area contributed by atoms with Crippen molar-refractivity contribution in [2.24, 2.45) is 11.8 Å². The molecule has 3 fully saturated rings. The van der Waals surface area contributed by atoms with E-state index >= 15 is 0 Å². The number of hydrogen-bond acceptors (Lipinski definition) is 4. The summed E-state index contributed by atoms with van der Waals surface area (Å²) < 4.78 is 5.46. The maximum atomic E-state index is 12.6. The van der Waals surface area contributed by atoms with E-state index in [9.17, 15) is 9.59 Å². The van der Waals surface area contributed by atoms with Crippen LogP contribution >= 0.6 is 0 Å². The predicted molar refractivity (Wildman–Crippen MR) is 101 cm³/mol. The standard InChI is InChI=1S/C20H35N3O3/c1-15(2)20(25)23-9-3-4-18(23)19(24)21-14-16-5-10-22(11-6-16)17-7-12-26-13-8-17/h15-18H,3-14H2,1-2H3,(H,21,24). The maximum absolute atomic E-state index is 12.6. The molecule has 6 nitrogen and oxygen atoms in total. The SMILES string of the molecule is CC(C)C(=O)N1CCCC1C(=O)NCC1CCN(C2CCOCC2)CC1. The minimum absolute atomic E-state index is 0.0436. The van der Waals surface area contributed by atoms with Gasteiger partial charge in [-0.1, -0.05) is 13.8 Å². The second kappa shape index (κ2) is 9.18. The number of carbonyl (C=O) groups excluding carboxylic acids is 2. The highest BCUT2D eigenvalue weighted by Gasteiger charge is 2.35. The van der Waals surface area contributed by atoms with Crippen molar-refractivity contribution in [1.29, 1.82) is 0 Å². The van der Waals surface area contributed by atoms with Crippen LogP contribution in [0, 0.1) is 11.8 Å². The number of nitrogens with one attached hydrogen (secondary N) is 1. The lowest BCUT2D eigenvalue weighted by atomic mass is 9.94. The fourth-order valence-electron chi connectivity index (χ4n) is 4.57. The van der Waals surface area contributed by atoms with Crippen LogP contribution in [0.2, 0.25) is 0 Å². The van der Waals surface area contributed by atoms with Gasteiger partial charge in [0.25, 0.3) is 0 Å². The molecule has 6 heteroatoms. The van der Waals surface area contributed by atoms with Crippen molar-refractivity contribution in [3.05, 3.63) is 0 Å². The molecule has 1 N–H and O–H groups in total. The molecule has 3 aliphatic heterocycles. The largest absolute Gasteiger partial charge is 0.381 e. The average Bonchev–Trinajstić information content (AvgIpc) is 3.16. The number of carbonyl (C=O) groups is 2. The molecule has 1 unspecified atom stereocenters. The van der Waals surface area contributed by atoms with E-state index in [1.807, 2.05) is 13.8 Å². The molecule has 2 amide bonds. The van der Waals surface area contributed by atoms with Crippen LogP contribution in [0.1, 0.15) is 52.4 Å². The first-order valence-corrected chi connectivity index (χ1v) is 10.5. The van der Waals surface area contributed by atoms with Crippen LogP contribution in [-0.4, -0.2) is 73.1 Å². The summed E-state index contributed by atoms with van der Waals surface area (Å²) in [6.07, 6.45) is 6.34. The monoisotopic (exact) mass is 365 g/mol. The Morgan fingerprint density at radius 1 is 1.04 bits per heavy atom. The number of nitrogens with zero attached hydrogens (tertiary/aromatic N) is 2. The molecule has 3 heterocycles. The first-order chi connectivity index (χ1) is 12.6. The molecule has 0 aromatic rings. The molecule has 3 saturated heterocycles. The van der Waals surface area contributed by atoms with E-state index in [-0.39, 0.29) is 23.8 Å². The Balaban J connectivity index is 1.40. The van der Waals surface area contributed by atoms with E-state index in [2.05, 4.69) is 10.2 Å². The lowest BCUT2D eigenvalue weighted by Crippen LogP contribution is -2.49. The maximum Gasteiger partial charge on any atom is 0.242 e. The summed E-state index contributed by atoms with van der Waals surface area (Å²) in [6.45, 7) is 9.34. The van der Waals surface area contributed by atoms with Crippen LogP contribution < -0.4 is 5.32 Å². The second-order valence-corrected chi connectivity index (χ2v) is 8.41. The Labute approximate surface area is 157 Å². The zero-order valence-corrected chi connectivity index (χ0v) is 16.4. The summed E-state index contributed by atoms with van der Waals surface area (Å²) in [4.78, 5) is 29.3. The first kappa shape index (κ1) is 19.6. The third-order valence-corrected chi connectivity index (χ3v) is 6.25. The zero-order valence-electron chi connectivity index (χ0n) is 16.4. The molecule has 0 saturated carbocycles. The molecule has 0 aromatic carbocycles. The molecule has 26 heavy (non-hydrogen) atoms. The molecule has 3 rings (SSSR count). The normalized spacial score (nSPS) is 26.4. The molecular weight excluding hydrogens is 330 g/mol. The van der Waals surface area contributed by atoms with E-state index in [1.54, 1.807) is 4.90 Å².